The number of aromatic nitrogens is 2. The van der Waals surface area contributed by atoms with Gasteiger partial charge in [0.15, 0.2) is 0 Å². The van der Waals surface area contributed by atoms with E-state index in [0.29, 0.717) is 0 Å². The third-order valence-electron chi connectivity index (χ3n) is 3.69. The number of carbonyl (C=O) groups excluding carboxylic acids is 1. The van der Waals surface area contributed by atoms with Crippen molar-refractivity contribution >= 4 is 23.4 Å². The Labute approximate surface area is 143 Å². The van der Waals surface area contributed by atoms with Gasteiger partial charge in [-0.1, -0.05) is 12.1 Å². The molecule has 0 atom stereocenters. The fourth-order valence-electron chi connectivity index (χ4n) is 2.44. The van der Waals surface area contributed by atoms with Crippen LogP contribution < -0.4 is 0 Å². The predicted molar refractivity (Wildman–Crippen MR) is 92.5 cm³/mol. The van der Waals surface area contributed by atoms with Crippen LogP contribution >= 0.6 is 11.8 Å². The molecule has 2 heterocycles. The van der Waals surface area contributed by atoms with Crippen LogP contribution in [0.4, 0.5) is 4.39 Å². The summed E-state index contributed by atoms with van der Waals surface area (Å²) < 4.78 is 19.3. The molecule has 0 saturated heterocycles. The van der Waals surface area contributed by atoms with Crippen molar-refractivity contribution in [2.24, 2.45) is 0 Å². The zero-order valence-electron chi connectivity index (χ0n) is 13.6. The lowest BCUT2D eigenvalue weighted by molar-refractivity contribution is -0.142. The summed E-state index contributed by atoms with van der Waals surface area (Å²) >= 11 is 1.40. The van der Waals surface area contributed by atoms with Gasteiger partial charge in [-0.3, -0.25) is 4.79 Å². The van der Waals surface area contributed by atoms with Gasteiger partial charge in [0, 0.05) is 29.0 Å². The van der Waals surface area contributed by atoms with Gasteiger partial charge in [-0.05, 0) is 37.6 Å². The highest BCUT2D eigenvalue weighted by Crippen LogP contribution is 2.40. The monoisotopic (exact) mass is 344 g/mol. The first-order valence-corrected chi connectivity index (χ1v) is 8.22. The number of thioether (sulfide) groups is 1. The van der Waals surface area contributed by atoms with Crippen molar-refractivity contribution in [3.8, 4) is 11.1 Å². The van der Waals surface area contributed by atoms with Crippen LogP contribution in [0, 0.1) is 5.82 Å². The Kier molecular flexibility index (Phi) is 4.32. The second-order valence-electron chi connectivity index (χ2n) is 5.85. The molecule has 0 fully saturated rings. The summed E-state index contributed by atoms with van der Waals surface area (Å²) in [5.74, 6) is -0.590. The van der Waals surface area contributed by atoms with Gasteiger partial charge in [0.2, 0.25) is 0 Å². The largest absolute Gasteiger partial charge is 0.468 e. The molecule has 3 aromatic rings. The summed E-state index contributed by atoms with van der Waals surface area (Å²) in [4.78, 5) is 17.2. The third-order valence-corrected chi connectivity index (χ3v) is 4.92. The number of benzene rings is 1. The van der Waals surface area contributed by atoms with E-state index in [1.165, 1.54) is 31.0 Å². The van der Waals surface area contributed by atoms with Crippen molar-refractivity contribution in [1.82, 2.24) is 9.38 Å². The van der Waals surface area contributed by atoms with Crippen LogP contribution in [0.2, 0.25) is 0 Å². The Morgan fingerprint density at radius 1 is 1.29 bits per heavy atom. The summed E-state index contributed by atoms with van der Waals surface area (Å²) in [5, 5.41) is 0. The molecule has 0 bridgehead atoms. The number of fused-ring (bicyclic) bond motifs is 1. The fraction of sp³-hybridized carbons (Fsp3) is 0.222. The lowest BCUT2D eigenvalue weighted by atomic mass is 10.1. The van der Waals surface area contributed by atoms with E-state index in [0.717, 1.165) is 21.7 Å². The van der Waals surface area contributed by atoms with Crippen molar-refractivity contribution < 1.29 is 13.9 Å². The summed E-state index contributed by atoms with van der Waals surface area (Å²) in [6.07, 6.45) is 5.50. The number of ether oxygens (including phenoxy) is 1. The van der Waals surface area contributed by atoms with Crippen molar-refractivity contribution in [3.63, 3.8) is 0 Å². The van der Waals surface area contributed by atoms with Gasteiger partial charge in [-0.15, -0.1) is 11.8 Å². The van der Waals surface area contributed by atoms with Crippen LogP contribution in [0.3, 0.4) is 0 Å². The number of hydrogen-bond donors (Lipinski definition) is 0. The Morgan fingerprint density at radius 2 is 2.00 bits per heavy atom. The molecule has 0 spiro atoms. The molecule has 0 unspecified atom stereocenters. The standard InChI is InChI=1S/C18H17FN2O2S/c1-18(2,17(22)23-3)24-15-10-16-20-8-9-21(16)11-14(15)12-4-6-13(19)7-5-12/h4-11H,1-3H3. The quantitative estimate of drug-likeness (QED) is 0.526. The van der Waals surface area contributed by atoms with Gasteiger partial charge in [-0.2, -0.15) is 0 Å². The number of halogens is 1. The van der Waals surface area contributed by atoms with E-state index >= 15 is 0 Å². The summed E-state index contributed by atoms with van der Waals surface area (Å²) in [5.41, 5.74) is 2.56. The van der Waals surface area contributed by atoms with Gasteiger partial charge >= 0.3 is 5.97 Å². The van der Waals surface area contributed by atoms with E-state index in [-0.39, 0.29) is 11.8 Å². The van der Waals surface area contributed by atoms with Gasteiger partial charge in [0.1, 0.15) is 16.2 Å². The van der Waals surface area contributed by atoms with E-state index in [1.807, 2.05) is 36.7 Å². The molecule has 0 aliphatic carbocycles. The zero-order chi connectivity index (χ0) is 17.3. The van der Waals surface area contributed by atoms with Crippen molar-refractivity contribution in [2.75, 3.05) is 7.11 Å². The first-order valence-electron chi connectivity index (χ1n) is 7.41. The summed E-state index contributed by atoms with van der Waals surface area (Å²) in [7, 11) is 1.38. The molecule has 0 radical (unpaired) electrons. The minimum atomic E-state index is -0.755. The van der Waals surface area contributed by atoms with E-state index < -0.39 is 4.75 Å². The van der Waals surface area contributed by atoms with Crippen LogP contribution in [-0.2, 0) is 9.53 Å². The molecule has 0 saturated carbocycles. The Balaban J connectivity index is 2.12. The van der Waals surface area contributed by atoms with Crippen LogP contribution in [0.1, 0.15) is 13.8 Å². The molecule has 0 aliphatic rings. The van der Waals surface area contributed by atoms with Crippen molar-refractivity contribution in [2.45, 2.75) is 23.5 Å². The van der Waals surface area contributed by atoms with Gasteiger partial charge < -0.3 is 9.14 Å². The molecular formula is C18H17FN2O2S. The molecule has 24 heavy (non-hydrogen) atoms. The van der Waals surface area contributed by atoms with Crippen LogP contribution in [0.25, 0.3) is 16.8 Å². The molecule has 0 amide bonds. The molecule has 6 heteroatoms. The molecule has 0 N–H and O–H groups in total. The van der Waals surface area contributed by atoms with Crippen LogP contribution in [0.5, 0.6) is 0 Å². The van der Waals surface area contributed by atoms with Crippen molar-refractivity contribution in [3.05, 3.63) is 54.7 Å². The Bertz CT molecular complexity index is 888. The maximum atomic E-state index is 13.2. The predicted octanol–water partition coefficient (Wildman–Crippen LogP) is 4.18. The molecule has 1 aromatic carbocycles. The van der Waals surface area contributed by atoms with Gasteiger partial charge in [0.25, 0.3) is 0 Å². The van der Waals surface area contributed by atoms with E-state index in [2.05, 4.69) is 4.98 Å². The van der Waals surface area contributed by atoms with E-state index in [9.17, 15) is 9.18 Å². The lowest BCUT2D eigenvalue weighted by Gasteiger charge is -2.22. The van der Waals surface area contributed by atoms with Crippen molar-refractivity contribution in [1.29, 1.82) is 0 Å². The average Bonchev–Trinajstić information content (AvgIpc) is 3.01. The Hall–Kier alpha value is -2.34. The third kappa shape index (κ3) is 3.14. The molecule has 3 rings (SSSR count). The maximum absolute atomic E-state index is 13.2. The molecular weight excluding hydrogens is 327 g/mol. The van der Waals surface area contributed by atoms with E-state index in [1.54, 1.807) is 18.3 Å². The topological polar surface area (TPSA) is 43.6 Å². The lowest BCUT2D eigenvalue weighted by Crippen LogP contribution is -2.29. The smallest absolute Gasteiger partial charge is 0.321 e. The minimum absolute atomic E-state index is 0.286. The van der Waals surface area contributed by atoms with Gasteiger partial charge in [-0.25, -0.2) is 9.37 Å². The minimum Gasteiger partial charge on any atom is -0.468 e. The molecule has 4 nitrogen and oxygen atoms in total. The molecule has 0 aliphatic heterocycles. The fourth-order valence-corrected chi connectivity index (χ4v) is 3.60. The number of hydrogen-bond acceptors (Lipinski definition) is 4. The highest BCUT2D eigenvalue weighted by molar-refractivity contribution is 8.01. The number of nitrogens with zero attached hydrogens (tertiary/aromatic N) is 2. The second-order valence-corrected chi connectivity index (χ2v) is 7.52. The average molecular weight is 344 g/mol. The number of methoxy groups -OCH3 is 1. The first kappa shape index (κ1) is 16.5. The summed E-state index contributed by atoms with van der Waals surface area (Å²) in [6.45, 7) is 3.63. The SMILES string of the molecule is COC(=O)C(C)(C)Sc1cc2nccn2cc1-c1ccc(F)cc1. The normalized spacial score (nSPS) is 11.7. The maximum Gasteiger partial charge on any atom is 0.321 e. The van der Waals surface area contributed by atoms with Crippen LogP contribution in [0.15, 0.2) is 53.8 Å². The second kappa shape index (κ2) is 6.28. The van der Waals surface area contributed by atoms with Crippen LogP contribution in [-0.4, -0.2) is 27.2 Å². The highest BCUT2D eigenvalue weighted by Gasteiger charge is 2.31. The number of imidazole rings is 1. The molecule has 2 aromatic heterocycles. The van der Waals surface area contributed by atoms with E-state index in [4.69, 9.17) is 4.74 Å². The number of esters is 1. The summed E-state index contributed by atoms with van der Waals surface area (Å²) in [6, 6.07) is 8.22. The number of rotatable bonds is 4. The Morgan fingerprint density at radius 3 is 2.67 bits per heavy atom. The molecule has 124 valence electrons. The number of pyridine rings is 1. The number of carbonyl (C=O) groups is 1. The highest BCUT2D eigenvalue weighted by atomic mass is 32.2. The van der Waals surface area contributed by atoms with Gasteiger partial charge in [0.05, 0.1) is 7.11 Å². The zero-order valence-corrected chi connectivity index (χ0v) is 14.4. The first-order chi connectivity index (χ1) is 11.4.